The van der Waals surface area contributed by atoms with Crippen LogP contribution in [0, 0.1) is 5.92 Å². The van der Waals surface area contributed by atoms with Crippen LogP contribution in [0.2, 0.25) is 0 Å². The van der Waals surface area contributed by atoms with Crippen molar-refractivity contribution in [3.8, 4) is 0 Å². The normalized spacial score (nSPS) is 28.0. The van der Waals surface area contributed by atoms with E-state index < -0.39 is 5.97 Å². The summed E-state index contributed by atoms with van der Waals surface area (Å²) < 4.78 is 2.12. The molecule has 0 amide bonds. The van der Waals surface area contributed by atoms with Crippen molar-refractivity contribution in [2.75, 3.05) is 6.54 Å². The number of imidazole rings is 1. The van der Waals surface area contributed by atoms with Gasteiger partial charge in [-0.3, -0.25) is 4.79 Å². The summed E-state index contributed by atoms with van der Waals surface area (Å²) in [5.74, 6) is -0.0126. The maximum atomic E-state index is 11.0. The summed E-state index contributed by atoms with van der Waals surface area (Å²) in [6.07, 6.45) is 5.72. The Morgan fingerprint density at radius 3 is 3.12 bits per heavy atom. The van der Waals surface area contributed by atoms with Gasteiger partial charge in [0.05, 0.1) is 17.7 Å². The molecule has 0 radical (unpaired) electrons. The summed E-state index contributed by atoms with van der Waals surface area (Å²) in [7, 11) is 0. The van der Waals surface area contributed by atoms with Crippen LogP contribution in [0.1, 0.15) is 36.8 Å². The molecule has 2 atom stereocenters. The van der Waals surface area contributed by atoms with E-state index in [0.29, 0.717) is 12.5 Å². The van der Waals surface area contributed by atoms with Crippen LogP contribution < -0.4 is 5.32 Å². The predicted octanol–water partition coefficient (Wildman–Crippen LogP) is 0.955. The number of fused-ring (bicyclic) bond motifs is 1. The second-order valence-electron chi connectivity index (χ2n) is 4.95. The number of carboxylic acids is 1. The second-order valence-corrected chi connectivity index (χ2v) is 4.95. The number of aryl methyl sites for hydroxylation is 1. The van der Waals surface area contributed by atoms with Crippen LogP contribution >= 0.6 is 0 Å². The molecule has 1 fully saturated rings. The first-order chi connectivity index (χ1) is 8.24. The highest BCUT2D eigenvalue weighted by Gasteiger charge is 2.27. The molecule has 0 spiro atoms. The highest BCUT2D eigenvalue weighted by molar-refractivity contribution is 5.70. The van der Waals surface area contributed by atoms with Crippen LogP contribution in [0.5, 0.6) is 0 Å². The average molecular weight is 235 g/mol. The molecule has 92 valence electrons. The van der Waals surface area contributed by atoms with E-state index in [9.17, 15) is 4.79 Å². The van der Waals surface area contributed by atoms with E-state index in [1.165, 1.54) is 6.42 Å². The van der Waals surface area contributed by atoms with Gasteiger partial charge in [0.2, 0.25) is 0 Å². The molecular formula is C12H17N3O2. The average Bonchev–Trinajstić information content (AvgIpc) is 2.96. The summed E-state index contributed by atoms with van der Waals surface area (Å²) in [5.41, 5.74) is 1.09. The van der Waals surface area contributed by atoms with E-state index in [2.05, 4.69) is 21.1 Å². The molecule has 17 heavy (non-hydrogen) atoms. The lowest BCUT2D eigenvalue weighted by Crippen LogP contribution is -2.25. The predicted molar refractivity (Wildman–Crippen MR) is 61.7 cm³/mol. The van der Waals surface area contributed by atoms with E-state index in [4.69, 9.17) is 5.11 Å². The Hall–Kier alpha value is -1.36. The van der Waals surface area contributed by atoms with Crippen LogP contribution in [-0.4, -0.2) is 27.2 Å². The Balaban J connectivity index is 1.81. The van der Waals surface area contributed by atoms with Crippen molar-refractivity contribution in [1.82, 2.24) is 14.9 Å². The fourth-order valence-corrected chi connectivity index (χ4v) is 2.77. The molecule has 3 rings (SSSR count). The van der Waals surface area contributed by atoms with Gasteiger partial charge in [-0.2, -0.15) is 0 Å². The minimum Gasteiger partial charge on any atom is -0.481 e. The molecule has 5 heteroatoms. The van der Waals surface area contributed by atoms with Crippen molar-refractivity contribution in [3.63, 3.8) is 0 Å². The van der Waals surface area contributed by atoms with Crippen LogP contribution in [0.25, 0.3) is 0 Å². The van der Waals surface area contributed by atoms with Crippen molar-refractivity contribution < 1.29 is 9.90 Å². The molecule has 1 aromatic rings. The SMILES string of the molecule is O=C(O)C1CCn2cc(C3CCCN3)nc2C1. The fourth-order valence-electron chi connectivity index (χ4n) is 2.77. The molecule has 3 heterocycles. The zero-order valence-electron chi connectivity index (χ0n) is 9.72. The van der Waals surface area contributed by atoms with Gasteiger partial charge in [-0.15, -0.1) is 0 Å². The van der Waals surface area contributed by atoms with E-state index in [1.807, 2.05) is 0 Å². The Morgan fingerprint density at radius 1 is 1.53 bits per heavy atom. The number of nitrogens with zero attached hydrogens (tertiary/aromatic N) is 2. The highest BCUT2D eigenvalue weighted by Crippen LogP contribution is 2.26. The van der Waals surface area contributed by atoms with Gasteiger partial charge in [0.25, 0.3) is 0 Å². The van der Waals surface area contributed by atoms with Crippen LogP contribution in [0.15, 0.2) is 6.20 Å². The first-order valence-corrected chi connectivity index (χ1v) is 6.26. The van der Waals surface area contributed by atoms with Crippen molar-refractivity contribution in [3.05, 3.63) is 17.7 Å². The number of carbonyl (C=O) groups is 1. The van der Waals surface area contributed by atoms with Gasteiger partial charge in [-0.25, -0.2) is 4.98 Å². The summed E-state index contributed by atoms with van der Waals surface area (Å²) in [6.45, 7) is 1.84. The monoisotopic (exact) mass is 235 g/mol. The molecule has 1 saturated heterocycles. The van der Waals surface area contributed by atoms with E-state index >= 15 is 0 Å². The minimum absolute atomic E-state index is 0.255. The Kier molecular flexibility index (Phi) is 2.63. The number of carboxylic acid groups (broad SMARTS) is 1. The number of rotatable bonds is 2. The Morgan fingerprint density at radius 2 is 2.41 bits per heavy atom. The zero-order chi connectivity index (χ0) is 11.8. The lowest BCUT2D eigenvalue weighted by Gasteiger charge is -2.19. The minimum atomic E-state index is -0.695. The lowest BCUT2D eigenvalue weighted by molar-refractivity contribution is -0.142. The topological polar surface area (TPSA) is 67.2 Å². The first kappa shape index (κ1) is 10.8. The second kappa shape index (κ2) is 4.14. The van der Waals surface area contributed by atoms with Crippen molar-refractivity contribution in [2.45, 2.75) is 38.3 Å². The van der Waals surface area contributed by atoms with Gasteiger partial charge in [0.15, 0.2) is 0 Å². The summed E-state index contributed by atoms with van der Waals surface area (Å²) >= 11 is 0. The van der Waals surface area contributed by atoms with E-state index in [-0.39, 0.29) is 5.92 Å². The molecule has 2 aliphatic heterocycles. The quantitative estimate of drug-likeness (QED) is 0.801. The van der Waals surface area contributed by atoms with Crippen molar-refractivity contribution in [1.29, 1.82) is 0 Å². The van der Waals surface area contributed by atoms with Gasteiger partial charge >= 0.3 is 5.97 Å². The van der Waals surface area contributed by atoms with Gasteiger partial charge in [-0.1, -0.05) is 0 Å². The molecule has 0 aromatic carbocycles. The molecule has 0 saturated carbocycles. The fraction of sp³-hybridized carbons (Fsp3) is 0.667. The van der Waals surface area contributed by atoms with Gasteiger partial charge in [0, 0.05) is 19.2 Å². The van der Waals surface area contributed by atoms with Gasteiger partial charge in [0.1, 0.15) is 5.82 Å². The molecule has 2 N–H and O–H groups in total. The molecule has 5 nitrogen and oxygen atoms in total. The molecule has 2 aliphatic rings. The lowest BCUT2D eigenvalue weighted by atomic mass is 9.98. The molecule has 2 unspecified atom stereocenters. The zero-order valence-corrected chi connectivity index (χ0v) is 9.72. The molecular weight excluding hydrogens is 218 g/mol. The maximum absolute atomic E-state index is 11.0. The highest BCUT2D eigenvalue weighted by atomic mass is 16.4. The maximum Gasteiger partial charge on any atom is 0.307 e. The molecule has 0 bridgehead atoms. The summed E-state index contributed by atoms with van der Waals surface area (Å²) in [6, 6.07) is 0.372. The first-order valence-electron chi connectivity index (χ1n) is 6.26. The molecule has 1 aromatic heterocycles. The van der Waals surface area contributed by atoms with Gasteiger partial charge < -0.3 is 15.0 Å². The number of nitrogens with one attached hydrogen (secondary N) is 1. The van der Waals surface area contributed by atoms with E-state index in [1.54, 1.807) is 0 Å². The van der Waals surface area contributed by atoms with Crippen molar-refractivity contribution in [2.24, 2.45) is 5.92 Å². The van der Waals surface area contributed by atoms with Crippen LogP contribution in [-0.2, 0) is 17.8 Å². The summed E-state index contributed by atoms with van der Waals surface area (Å²) in [4.78, 5) is 15.6. The molecule has 0 aliphatic carbocycles. The number of hydrogen-bond donors (Lipinski definition) is 2. The third-order valence-corrected chi connectivity index (χ3v) is 3.79. The van der Waals surface area contributed by atoms with Crippen LogP contribution in [0.4, 0.5) is 0 Å². The Bertz CT molecular complexity index is 435. The number of aliphatic carboxylic acids is 1. The third-order valence-electron chi connectivity index (χ3n) is 3.79. The van der Waals surface area contributed by atoms with Crippen LogP contribution in [0.3, 0.4) is 0 Å². The Labute approximate surface area is 99.8 Å². The largest absolute Gasteiger partial charge is 0.481 e. The van der Waals surface area contributed by atoms with E-state index in [0.717, 1.165) is 37.4 Å². The van der Waals surface area contributed by atoms with Gasteiger partial charge in [-0.05, 0) is 25.8 Å². The third kappa shape index (κ3) is 1.95. The smallest absolute Gasteiger partial charge is 0.307 e. The summed E-state index contributed by atoms with van der Waals surface area (Å²) in [5, 5.41) is 12.5. The standard InChI is InChI=1S/C12H17N3O2/c16-12(17)8-3-5-15-7-10(14-11(15)6-8)9-2-1-4-13-9/h7-9,13H,1-6H2,(H,16,17). The number of aromatic nitrogens is 2. The van der Waals surface area contributed by atoms with Crippen molar-refractivity contribution >= 4 is 5.97 Å². The number of hydrogen-bond acceptors (Lipinski definition) is 3.